The zero-order chi connectivity index (χ0) is 14.9. The van der Waals surface area contributed by atoms with E-state index >= 15 is 0 Å². The van der Waals surface area contributed by atoms with E-state index in [0.29, 0.717) is 15.8 Å². The predicted octanol–water partition coefficient (Wildman–Crippen LogP) is 5.43. The highest BCUT2D eigenvalue weighted by atomic mass is 79.9. The third kappa shape index (κ3) is 3.49. The molecule has 104 valence electrons. The summed E-state index contributed by atoms with van der Waals surface area (Å²) >= 11 is 17.3. The van der Waals surface area contributed by atoms with Crippen LogP contribution in [0.2, 0.25) is 5.02 Å². The van der Waals surface area contributed by atoms with Crippen LogP contribution in [0.5, 0.6) is 11.5 Å². The van der Waals surface area contributed by atoms with Crippen LogP contribution in [0.15, 0.2) is 39.3 Å². The third-order valence-electron chi connectivity index (χ3n) is 2.40. The van der Waals surface area contributed by atoms with Crippen LogP contribution in [-0.2, 0) is 0 Å². The molecule has 0 aromatic heterocycles. The van der Waals surface area contributed by atoms with Gasteiger partial charge in [0.05, 0.1) is 15.1 Å². The van der Waals surface area contributed by atoms with Crippen molar-refractivity contribution in [2.45, 2.75) is 0 Å². The van der Waals surface area contributed by atoms with Gasteiger partial charge in [0.25, 0.3) is 0 Å². The highest BCUT2D eigenvalue weighted by Crippen LogP contribution is 2.35. The molecule has 2 aromatic carbocycles. The number of nitrogens with two attached hydrogens (primary N) is 1. The zero-order valence-corrected chi connectivity index (χ0v) is 14.5. The molecular weight excluding hydrogens is 432 g/mol. The molecule has 20 heavy (non-hydrogen) atoms. The Bertz CT molecular complexity index is 696. The minimum absolute atomic E-state index is 0.00889. The molecule has 0 aliphatic carbocycles. The maximum Gasteiger partial charge on any atom is 0.145 e. The Labute approximate surface area is 142 Å². The van der Waals surface area contributed by atoms with Gasteiger partial charge < -0.3 is 10.5 Å². The van der Waals surface area contributed by atoms with Gasteiger partial charge in [0.15, 0.2) is 0 Å². The lowest BCUT2D eigenvalue weighted by Gasteiger charge is -2.12. The molecule has 2 nitrogen and oxygen atoms in total. The van der Waals surface area contributed by atoms with E-state index < -0.39 is 5.82 Å². The second kappa shape index (κ2) is 6.39. The number of benzene rings is 2. The van der Waals surface area contributed by atoms with E-state index in [1.54, 1.807) is 18.2 Å². The standard InChI is InChI=1S/C13H7Br2ClFNOS/c14-6-1-2-11(7(3-6)13(18)20)19-12-5-10(17)9(16)4-8(12)15/h1-5H,(H2,18,20). The highest BCUT2D eigenvalue weighted by molar-refractivity contribution is 9.10. The first-order valence-electron chi connectivity index (χ1n) is 5.30. The summed E-state index contributed by atoms with van der Waals surface area (Å²) in [6, 6.07) is 7.82. The third-order valence-corrected chi connectivity index (χ3v) is 4.02. The highest BCUT2D eigenvalue weighted by Gasteiger charge is 2.13. The molecule has 2 N–H and O–H groups in total. The number of rotatable bonds is 3. The van der Waals surface area contributed by atoms with Crippen LogP contribution in [0.1, 0.15) is 5.56 Å². The first-order valence-corrected chi connectivity index (χ1v) is 7.67. The number of thiocarbonyl (C=S) groups is 1. The fourth-order valence-corrected chi connectivity index (χ4v) is 2.73. The molecule has 0 saturated carbocycles. The summed E-state index contributed by atoms with van der Waals surface area (Å²) in [5.41, 5.74) is 6.21. The van der Waals surface area contributed by atoms with E-state index in [1.807, 2.05) is 0 Å². The first-order chi connectivity index (χ1) is 9.38. The van der Waals surface area contributed by atoms with Crippen molar-refractivity contribution in [3.63, 3.8) is 0 Å². The van der Waals surface area contributed by atoms with Crippen molar-refractivity contribution in [3.8, 4) is 11.5 Å². The molecule has 0 aliphatic heterocycles. The Morgan fingerprint density at radius 3 is 2.55 bits per heavy atom. The van der Waals surface area contributed by atoms with Crippen molar-refractivity contribution in [1.82, 2.24) is 0 Å². The van der Waals surface area contributed by atoms with Crippen LogP contribution in [0.4, 0.5) is 4.39 Å². The van der Waals surface area contributed by atoms with Gasteiger partial charge in [0.2, 0.25) is 0 Å². The largest absolute Gasteiger partial charge is 0.455 e. The number of halogens is 4. The van der Waals surface area contributed by atoms with E-state index in [0.717, 1.165) is 4.47 Å². The quantitative estimate of drug-likeness (QED) is 0.512. The molecule has 0 fully saturated rings. The van der Waals surface area contributed by atoms with Crippen LogP contribution in [0.25, 0.3) is 0 Å². The van der Waals surface area contributed by atoms with Gasteiger partial charge in [0.1, 0.15) is 22.3 Å². The van der Waals surface area contributed by atoms with Crippen molar-refractivity contribution in [1.29, 1.82) is 0 Å². The Morgan fingerprint density at radius 2 is 1.90 bits per heavy atom. The number of ether oxygens (including phenoxy) is 1. The maximum atomic E-state index is 13.5. The van der Waals surface area contributed by atoms with Crippen molar-refractivity contribution >= 4 is 60.7 Å². The van der Waals surface area contributed by atoms with Gasteiger partial charge in [-0.2, -0.15) is 0 Å². The SMILES string of the molecule is NC(=S)c1cc(Br)ccc1Oc1cc(F)c(Cl)cc1Br. The van der Waals surface area contributed by atoms with Gasteiger partial charge in [-0.15, -0.1) is 0 Å². The molecule has 0 spiro atoms. The summed E-state index contributed by atoms with van der Waals surface area (Å²) in [5, 5.41) is 0.00889. The fraction of sp³-hybridized carbons (Fsp3) is 0. The summed E-state index contributed by atoms with van der Waals surface area (Å²) in [7, 11) is 0. The Morgan fingerprint density at radius 1 is 1.20 bits per heavy atom. The van der Waals surface area contributed by atoms with Crippen molar-refractivity contribution in [2.24, 2.45) is 5.73 Å². The van der Waals surface area contributed by atoms with Crippen molar-refractivity contribution < 1.29 is 9.13 Å². The minimum Gasteiger partial charge on any atom is -0.455 e. The molecule has 0 aliphatic rings. The Balaban J connectivity index is 2.45. The Kier molecular flexibility index (Phi) is 5.01. The topological polar surface area (TPSA) is 35.2 Å². The predicted molar refractivity (Wildman–Crippen MR) is 89.2 cm³/mol. The average molecular weight is 440 g/mol. The lowest BCUT2D eigenvalue weighted by atomic mass is 10.2. The van der Waals surface area contributed by atoms with Crippen molar-refractivity contribution in [2.75, 3.05) is 0 Å². The summed E-state index contributed by atoms with van der Waals surface area (Å²) in [5.74, 6) is 0.147. The van der Waals surface area contributed by atoms with Gasteiger partial charge in [-0.05, 0) is 40.2 Å². The molecule has 0 amide bonds. The molecule has 0 saturated heterocycles. The van der Waals surface area contributed by atoms with Crippen molar-refractivity contribution in [3.05, 3.63) is 55.7 Å². The van der Waals surface area contributed by atoms with Crippen LogP contribution < -0.4 is 10.5 Å². The summed E-state index contributed by atoms with van der Waals surface area (Å²) in [6.07, 6.45) is 0. The summed E-state index contributed by atoms with van der Waals surface area (Å²) in [6.45, 7) is 0. The molecule has 7 heteroatoms. The van der Waals surface area contributed by atoms with E-state index in [9.17, 15) is 4.39 Å². The molecule has 2 aromatic rings. The molecular formula is C13H7Br2ClFNOS. The Hall–Kier alpha value is -0.690. The molecule has 0 heterocycles. The molecule has 0 atom stereocenters. The second-order valence-electron chi connectivity index (χ2n) is 3.80. The van der Waals surface area contributed by atoms with E-state index in [2.05, 4.69) is 31.9 Å². The first kappa shape index (κ1) is 15.7. The van der Waals surface area contributed by atoms with E-state index in [1.165, 1.54) is 12.1 Å². The van der Waals surface area contributed by atoms with Gasteiger partial charge in [-0.25, -0.2) is 4.39 Å². The lowest BCUT2D eigenvalue weighted by molar-refractivity contribution is 0.472. The maximum absolute atomic E-state index is 13.5. The van der Waals surface area contributed by atoms with Crippen LogP contribution in [0.3, 0.4) is 0 Å². The molecule has 0 bridgehead atoms. The van der Waals surface area contributed by atoms with Gasteiger partial charge in [-0.3, -0.25) is 0 Å². The zero-order valence-electron chi connectivity index (χ0n) is 9.79. The molecule has 0 unspecified atom stereocenters. The van der Waals surface area contributed by atoms with E-state index in [4.69, 9.17) is 34.3 Å². The fourth-order valence-electron chi connectivity index (χ4n) is 1.48. The monoisotopic (exact) mass is 437 g/mol. The van der Waals surface area contributed by atoms with E-state index in [-0.39, 0.29) is 15.8 Å². The van der Waals surface area contributed by atoms with Crippen LogP contribution >= 0.6 is 55.7 Å². The van der Waals surface area contributed by atoms with Gasteiger partial charge >= 0.3 is 0 Å². The van der Waals surface area contributed by atoms with Gasteiger partial charge in [0, 0.05) is 10.5 Å². The summed E-state index contributed by atoms with van der Waals surface area (Å²) < 4.78 is 20.5. The number of hydrogen-bond donors (Lipinski definition) is 1. The second-order valence-corrected chi connectivity index (χ2v) is 6.42. The van der Waals surface area contributed by atoms with Crippen LogP contribution in [0, 0.1) is 5.82 Å². The summed E-state index contributed by atoms with van der Waals surface area (Å²) in [4.78, 5) is 0.187. The smallest absolute Gasteiger partial charge is 0.145 e. The number of hydrogen-bond acceptors (Lipinski definition) is 2. The van der Waals surface area contributed by atoms with Crippen LogP contribution in [-0.4, -0.2) is 4.99 Å². The minimum atomic E-state index is -0.571. The average Bonchev–Trinajstić information content (AvgIpc) is 2.37. The molecule has 2 rings (SSSR count). The normalized spacial score (nSPS) is 10.4. The lowest BCUT2D eigenvalue weighted by Crippen LogP contribution is -2.10. The van der Waals surface area contributed by atoms with Gasteiger partial charge in [-0.1, -0.05) is 39.7 Å². The molecule has 0 radical (unpaired) electrons.